The van der Waals surface area contributed by atoms with Gasteiger partial charge in [-0.2, -0.15) is 13.2 Å². The van der Waals surface area contributed by atoms with Gasteiger partial charge in [-0.15, -0.1) is 0 Å². The molecule has 1 fully saturated rings. The lowest BCUT2D eigenvalue weighted by Gasteiger charge is -2.29. The maximum Gasteiger partial charge on any atom is 0.416 e. The number of methoxy groups -OCH3 is 1. The number of benzene rings is 1. The molecule has 0 N–H and O–H groups in total. The molecular weight excluding hydrogens is 287 g/mol. The van der Waals surface area contributed by atoms with Gasteiger partial charge in [0.2, 0.25) is 0 Å². The van der Waals surface area contributed by atoms with Crippen molar-refractivity contribution in [1.82, 2.24) is 0 Å². The van der Waals surface area contributed by atoms with Crippen molar-refractivity contribution in [2.45, 2.75) is 19.0 Å². The molecule has 0 aromatic heterocycles. The number of rotatable bonds is 2. The summed E-state index contributed by atoms with van der Waals surface area (Å²) in [4.78, 5) is 24.4. The number of piperidine rings is 1. The number of ether oxygens (including phenoxy) is 1. The van der Waals surface area contributed by atoms with Gasteiger partial charge in [-0.05, 0) is 18.2 Å². The molecule has 0 saturated carbocycles. The number of anilines is 1. The monoisotopic (exact) mass is 301 g/mol. The molecule has 7 heteroatoms. The first-order chi connectivity index (χ1) is 9.81. The molecule has 0 aliphatic carbocycles. The molecule has 1 aliphatic heterocycles. The van der Waals surface area contributed by atoms with Crippen molar-refractivity contribution in [3.05, 3.63) is 29.3 Å². The Kier molecular flexibility index (Phi) is 4.20. The van der Waals surface area contributed by atoms with Crippen LogP contribution < -0.4 is 4.90 Å². The Labute approximate surface area is 119 Å². The maximum absolute atomic E-state index is 12.9. The average molecular weight is 301 g/mol. The number of Topliss-reactive ketones (excluding diaryl/α,β-unsaturated/α-hetero) is 1. The second-order valence-electron chi connectivity index (χ2n) is 4.78. The first-order valence-corrected chi connectivity index (χ1v) is 6.38. The normalized spacial score (nSPS) is 16.0. The van der Waals surface area contributed by atoms with Crippen molar-refractivity contribution >= 4 is 17.4 Å². The predicted molar refractivity (Wildman–Crippen MR) is 69.2 cm³/mol. The Balaban J connectivity index is 2.40. The summed E-state index contributed by atoms with van der Waals surface area (Å²) in [5.41, 5.74) is -0.783. The molecule has 0 amide bonds. The third kappa shape index (κ3) is 3.53. The number of hydrogen-bond donors (Lipinski definition) is 0. The van der Waals surface area contributed by atoms with Crippen molar-refractivity contribution in [3.8, 4) is 0 Å². The van der Waals surface area contributed by atoms with Crippen molar-refractivity contribution in [3.63, 3.8) is 0 Å². The lowest BCUT2D eigenvalue weighted by molar-refractivity contribution is -0.137. The molecular formula is C14H14F3NO3. The quantitative estimate of drug-likeness (QED) is 0.788. The molecule has 1 saturated heterocycles. The van der Waals surface area contributed by atoms with E-state index < -0.39 is 17.7 Å². The van der Waals surface area contributed by atoms with E-state index in [9.17, 15) is 22.8 Å². The number of esters is 1. The van der Waals surface area contributed by atoms with Crippen LogP contribution >= 0.6 is 0 Å². The fraction of sp³-hybridized carbons (Fsp3) is 0.429. The van der Waals surface area contributed by atoms with Gasteiger partial charge in [-0.1, -0.05) is 0 Å². The summed E-state index contributed by atoms with van der Waals surface area (Å²) in [6.07, 6.45) is -3.96. The van der Waals surface area contributed by atoms with Crippen LogP contribution in [0, 0.1) is 0 Å². The molecule has 0 spiro atoms. The van der Waals surface area contributed by atoms with Gasteiger partial charge in [-0.25, -0.2) is 4.79 Å². The van der Waals surface area contributed by atoms with E-state index in [1.54, 1.807) is 4.90 Å². The topological polar surface area (TPSA) is 46.6 Å². The van der Waals surface area contributed by atoms with Crippen LogP contribution in [0.2, 0.25) is 0 Å². The van der Waals surface area contributed by atoms with Crippen LogP contribution in [0.4, 0.5) is 18.9 Å². The van der Waals surface area contributed by atoms with Gasteiger partial charge in [0.25, 0.3) is 0 Å². The van der Waals surface area contributed by atoms with E-state index in [-0.39, 0.29) is 17.0 Å². The van der Waals surface area contributed by atoms with Gasteiger partial charge >= 0.3 is 12.1 Å². The molecule has 4 nitrogen and oxygen atoms in total. The molecule has 114 valence electrons. The van der Waals surface area contributed by atoms with Gasteiger partial charge in [0.05, 0.1) is 18.2 Å². The van der Waals surface area contributed by atoms with Crippen molar-refractivity contribution in [2.24, 2.45) is 0 Å². The highest BCUT2D eigenvalue weighted by molar-refractivity contribution is 5.91. The minimum atomic E-state index is -4.55. The molecule has 0 bridgehead atoms. The third-order valence-corrected chi connectivity index (χ3v) is 3.35. The Morgan fingerprint density at radius 1 is 1.19 bits per heavy atom. The molecule has 2 rings (SSSR count). The highest BCUT2D eigenvalue weighted by Crippen LogP contribution is 2.33. The molecule has 1 aromatic rings. The number of nitrogens with zero attached hydrogens (tertiary/aromatic N) is 1. The Morgan fingerprint density at radius 2 is 1.81 bits per heavy atom. The van der Waals surface area contributed by atoms with Crippen LogP contribution in [0.1, 0.15) is 28.8 Å². The fourth-order valence-electron chi connectivity index (χ4n) is 2.21. The van der Waals surface area contributed by atoms with Crippen LogP contribution in [0.25, 0.3) is 0 Å². The second kappa shape index (κ2) is 5.75. The fourth-order valence-corrected chi connectivity index (χ4v) is 2.21. The standard InChI is InChI=1S/C14H14F3NO3/c1-21-13(20)9-6-10(14(15,16)17)8-11(7-9)18-4-2-12(19)3-5-18/h6-8H,2-5H2,1H3. The third-order valence-electron chi connectivity index (χ3n) is 3.35. The van der Waals surface area contributed by atoms with E-state index in [2.05, 4.69) is 4.74 Å². The number of ketones is 1. The molecule has 1 heterocycles. The van der Waals surface area contributed by atoms with E-state index in [1.807, 2.05) is 0 Å². The maximum atomic E-state index is 12.9. The number of carbonyl (C=O) groups is 2. The van der Waals surface area contributed by atoms with E-state index in [0.29, 0.717) is 25.9 Å². The second-order valence-corrected chi connectivity index (χ2v) is 4.78. The first kappa shape index (κ1) is 15.3. The lowest BCUT2D eigenvalue weighted by atomic mass is 10.0. The van der Waals surface area contributed by atoms with E-state index in [1.165, 1.54) is 6.07 Å². The molecule has 1 aliphatic rings. The highest BCUT2D eigenvalue weighted by atomic mass is 19.4. The molecule has 0 radical (unpaired) electrons. The Bertz CT molecular complexity index is 559. The SMILES string of the molecule is COC(=O)c1cc(N2CCC(=O)CC2)cc(C(F)(F)F)c1. The van der Waals surface area contributed by atoms with Gasteiger partial charge in [0, 0.05) is 31.6 Å². The van der Waals surface area contributed by atoms with Gasteiger partial charge in [0.15, 0.2) is 0 Å². The smallest absolute Gasteiger partial charge is 0.416 e. The summed E-state index contributed by atoms with van der Waals surface area (Å²) >= 11 is 0. The lowest BCUT2D eigenvalue weighted by Crippen LogP contribution is -2.34. The van der Waals surface area contributed by atoms with Crippen LogP contribution in [0.3, 0.4) is 0 Å². The zero-order valence-corrected chi connectivity index (χ0v) is 11.4. The molecule has 1 aromatic carbocycles. The van der Waals surface area contributed by atoms with Crippen LogP contribution in [0.15, 0.2) is 18.2 Å². The van der Waals surface area contributed by atoms with Crippen LogP contribution in [-0.2, 0) is 15.7 Å². The summed E-state index contributed by atoms with van der Waals surface area (Å²) in [5, 5.41) is 0. The zero-order valence-electron chi connectivity index (χ0n) is 11.4. The molecule has 0 unspecified atom stereocenters. The number of alkyl halides is 3. The van der Waals surface area contributed by atoms with E-state index in [0.717, 1.165) is 19.2 Å². The van der Waals surface area contributed by atoms with Crippen molar-refractivity contribution < 1.29 is 27.5 Å². The summed E-state index contributed by atoms with van der Waals surface area (Å²) in [6.45, 7) is 0.696. The minimum Gasteiger partial charge on any atom is -0.465 e. The van der Waals surface area contributed by atoms with Crippen molar-refractivity contribution in [2.75, 3.05) is 25.1 Å². The zero-order chi connectivity index (χ0) is 15.6. The summed E-state index contributed by atoms with van der Waals surface area (Å²) in [7, 11) is 1.11. The average Bonchev–Trinajstić information content (AvgIpc) is 2.45. The van der Waals surface area contributed by atoms with Gasteiger partial charge < -0.3 is 9.64 Å². The van der Waals surface area contributed by atoms with Gasteiger partial charge in [0.1, 0.15) is 5.78 Å². The molecule has 21 heavy (non-hydrogen) atoms. The predicted octanol–water partition coefficient (Wildman–Crippen LogP) is 2.66. The Morgan fingerprint density at radius 3 is 2.33 bits per heavy atom. The first-order valence-electron chi connectivity index (χ1n) is 6.38. The van der Waals surface area contributed by atoms with E-state index >= 15 is 0 Å². The Hall–Kier alpha value is -2.05. The van der Waals surface area contributed by atoms with E-state index in [4.69, 9.17) is 0 Å². The number of carbonyl (C=O) groups excluding carboxylic acids is 2. The molecule has 0 atom stereocenters. The highest BCUT2D eigenvalue weighted by Gasteiger charge is 2.32. The van der Waals surface area contributed by atoms with Crippen LogP contribution in [-0.4, -0.2) is 32.0 Å². The number of hydrogen-bond acceptors (Lipinski definition) is 4. The van der Waals surface area contributed by atoms with Gasteiger partial charge in [-0.3, -0.25) is 4.79 Å². The minimum absolute atomic E-state index is 0.0893. The van der Waals surface area contributed by atoms with Crippen LogP contribution in [0.5, 0.6) is 0 Å². The largest absolute Gasteiger partial charge is 0.465 e. The summed E-state index contributed by atoms with van der Waals surface area (Å²) in [6, 6.07) is 3.11. The number of halogens is 3. The summed E-state index contributed by atoms with van der Waals surface area (Å²) < 4.78 is 43.2. The van der Waals surface area contributed by atoms with Crippen molar-refractivity contribution in [1.29, 1.82) is 0 Å². The summed E-state index contributed by atoms with van der Waals surface area (Å²) in [5.74, 6) is -0.734.